The molecule has 4 aromatic rings. The number of likely N-dealkylation sites (tertiary alicyclic amines) is 1. The summed E-state index contributed by atoms with van der Waals surface area (Å²) < 4.78 is 0. The maximum absolute atomic E-state index is 2.71. The first-order valence-electron chi connectivity index (χ1n) is 11.9. The van der Waals surface area contributed by atoms with Gasteiger partial charge in [0.05, 0.1) is 0 Å². The molecule has 1 heterocycles. The Bertz CT molecular complexity index is 1060. The lowest BCUT2D eigenvalue weighted by molar-refractivity contribution is 0.103. The van der Waals surface area contributed by atoms with Gasteiger partial charge in [-0.15, -0.1) is 0 Å². The number of nitrogens with zero attached hydrogens (tertiary/aromatic N) is 1. The smallest absolute Gasteiger partial charge is 0.00983 e. The van der Waals surface area contributed by atoms with Crippen molar-refractivity contribution in [3.8, 4) is 0 Å². The van der Waals surface area contributed by atoms with Crippen molar-refractivity contribution in [1.82, 2.24) is 4.90 Å². The van der Waals surface area contributed by atoms with Gasteiger partial charge in [0.25, 0.3) is 0 Å². The quantitative estimate of drug-likeness (QED) is 0.321. The minimum absolute atomic E-state index is 0.699. The fraction of sp³-hybridized carbons (Fsp3) is 0.333. The van der Waals surface area contributed by atoms with Crippen molar-refractivity contribution >= 4 is 21.5 Å². The molecule has 31 heavy (non-hydrogen) atoms. The third kappa shape index (κ3) is 4.38. The van der Waals surface area contributed by atoms with Gasteiger partial charge >= 0.3 is 0 Å². The van der Waals surface area contributed by atoms with Crippen LogP contribution in [0.4, 0.5) is 0 Å². The van der Waals surface area contributed by atoms with Crippen LogP contribution in [0.25, 0.3) is 21.5 Å². The summed E-state index contributed by atoms with van der Waals surface area (Å²) in [5, 5.41) is 5.59. The van der Waals surface area contributed by atoms with E-state index in [1.807, 2.05) is 0 Å². The summed E-state index contributed by atoms with van der Waals surface area (Å²) in [5.41, 5.74) is 3.01. The van der Waals surface area contributed by atoms with Crippen LogP contribution in [0.5, 0.6) is 0 Å². The molecule has 1 saturated heterocycles. The van der Waals surface area contributed by atoms with Gasteiger partial charge in [-0.3, -0.25) is 0 Å². The van der Waals surface area contributed by atoms with Crippen LogP contribution in [0, 0.1) is 0 Å². The number of piperidine rings is 1. The lowest BCUT2D eigenvalue weighted by Crippen LogP contribution is -2.44. The fourth-order valence-corrected chi connectivity index (χ4v) is 5.66. The number of benzene rings is 4. The number of fused-ring (bicyclic) bond motifs is 2. The zero-order valence-electron chi connectivity index (χ0n) is 18.6. The van der Waals surface area contributed by atoms with Crippen LogP contribution in [-0.4, -0.2) is 24.0 Å². The van der Waals surface area contributed by atoms with Crippen LogP contribution >= 0.6 is 0 Å². The van der Waals surface area contributed by atoms with Crippen molar-refractivity contribution in [2.75, 3.05) is 7.05 Å². The third-order valence-electron chi connectivity index (χ3n) is 7.48. The maximum atomic E-state index is 2.71. The van der Waals surface area contributed by atoms with Gasteiger partial charge in [-0.1, -0.05) is 91.3 Å². The molecule has 0 aliphatic carbocycles. The van der Waals surface area contributed by atoms with Gasteiger partial charge in [-0.25, -0.2) is 0 Å². The average molecular weight is 408 g/mol. The predicted molar refractivity (Wildman–Crippen MR) is 134 cm³/mol. The Hall–Kier alpha value is -2.64. The number of aryl methyl sites for hydroxylation is 2. The molecule has 0 bridgehead atoms. The van der Waals surface area contributed by atoms with Gasteiger partial charge in [0.15, 0.2) is 0 Å². The standard InChI is InChI=1S/C30H33N/c1-31-27(21-19-25-13-6-11-23-9-2-4-17-29(23)25)15-8-16-28(31)22-20-26-14-7-12-24-10-3-5-18-30(24)26/h2-7,9-14,17-18,27-28H,8,15-16,19-22H2,1H3. The third-order valence-corrected chi connectivity index (χ3v) is 7.48. The molecule has 4 aromatic carbocycles. The lowest BCUT2D eigenvalue weighted by atomic mass is 9.88. The Balaban J connectivity index is 1.24. The van der Waals surface area contributed by atoms with Gasteiger partial charge in [0, 0.05) is 12.1 Å². The van der Waals surface area contributed by atoms with Crippen molar-refractivity contribution in [3.05, 3.63) is 96.1 Å². The largest absolute Gasteiger partial charge is 0.300 e. The van der Waals surface area contributed by atoms with E-state index in [0.717, 1.165) is 0 Å². The molecule has 0 radical (unpaired) electrons. The van der Waals surface area contributed by atoms with E-state index in [2.05, 4.69) is 96.9 Å². The van der Waals surface area contributed by atoms with Crippen molar-refractivity contribution < 1.29 is 0 Å². The maximum Gasteiger partial charge on any atom is 0.00983 e. The molecule has 1 nitrogen and oxygen atoms in total. The summed E-state index contributed by atoms with van der Waals surface area (Å²) in [6, 6.07) is 32.6. The average Bonchev–Trinajstić information content (AvgIpc) is 2.82. The number of hydrogen-bond donors (Lipinski definition) is 0. The predicted octanol–water partition coefficient (Wildman–Crippen LogP) is 7.41. The van der Waals surface area contributed by atoms with Crippen LogP contribution in [0.1, 0.15) is 43.2 Å². The van der Waals surface area contributed by atoms with Gasteiger partial charge < -0.3 is 4.90 Å². The molecule has 0 aromatic heterocycles. The zero-order chi connectivity index (χ0) is 21.0. The summed E-state index contributed by atoms with van der Waals surface area (Å²) in [6.07, 6.45) is 8.91. The second kappa shape index (κ2) is 9.24. The van der Waals surface area contributed by atoms with E-state index in [4.69, 9.17) is 0 Å². The molecule has 5 rings (SSSR count). The topological polar surface area (TPSA) is 3.24 Å². The molecule has 0 saturated carbocycles. The number of rotatable bonds is 6. The first kappa shape index (κ1) is 20.3. The molecular formula is C30H33N. The summed E-state index contributed by atoms with van der Waals surface area (Å²) in [7, 11) is 2.38. The molecule has 0 N–H and O–H groups in total. The molecule has 2 atom stereocenters. The Morgan fingerprint density at radius 1 is 0.613 bits per heavy atom. The molecule has 0 spiro atoms. The van der Waals surface area contributed by atoms with Crippen LogP contribution in [0.3, 0.4) is 0 Å². The lowest BCUT2D eigenvalue weighted by Gasteiger charge is -2.40. The Labute approximate surface area is 186 Å². The van der Waals surface area contributed by atoms with Crippen LogP contribution in [0.2, 0.25) is 0 Å². The van der Waals surface area contributed by atoms with Crippen LogP contribution < -0.4 is 0 Å². The Morgan fingerprint density at radius 2 is 1.06 bits per heavy atom. The summed E-state index contributed by atoms with van der Waals surface area (Å²) >= 11 is 0. The van der Waals surface area contributed by atoms with Gasteiger partial charge in [0.1, 0.15) is 0 Å². The first-order chi connectivity index (χ1) is 15.3. The van der Waals surface area contributed by atoms with Gasteiger partial charge in [0.2, 0.25) is 0 Å². The molecular weight excluding hydrogens is 374 g/mol. The van der Waals surface area contributed by atoms with Crippen LogP contribution in [-0.2, 0) is 12.8 Å². The van der Waals surface area contributed by atoms with E-state index in [1.165, 1.54) is 77.6 Å². The monoisotopic (exact) mass is 407 g/mol. The highest BCUT2D eigenvalue weighted by Gasteiger charge is 2.27. The van der Waals surface area contributed by atoms with E-state index in [1.54, 1.807) is 0 Å². The van der Waals surface area contributed by atoms with E-state index >= 15 is 0 Å². The normalized spacial score (nSPS) is 19.8. The van der Waals surface area contributed by atoms with Crippen LogP contribution in [0.15, 0.2) is 84.9 Å². The van der Waals surface area contributed by atoms with E-state index < -0.39 is 0 Å². The zero-order valence-corrected chi connectivity index (χ0v) is 18.6. The summed E-state index contributed by atoms with van der Waals surface area (Å²) in [5.74, 6) is 0. The highest BCUT2D eigenvalue weighted by molar-refractivity contribution is 5.86. The molecule has 1 heteroatoms. The molecule has 1 aliphatic heterocycles. The van der Waals surface area contributed by atoms with E-state index in [-0.39, 0.29) is 0 Å². The second-order valence-electron chi connectivity index (χ2n) is 9.26. The molecule has 1 fully saturated rings. The molecule has 1 aliphatic rings. The minimum Gasteiger partial charge on any atom is -0.300 e. The highest BCUT2D eigenvalue weighted by Crippen LogP contribution is 2.29. The van der Waals surface area contributed by atoms with Crippen molar-refractivity contribution in [3.63, 3.8) is 0 Å². The Morgan fingerprint density at radius 3 is 1.58 bits per heavy atom. The Kier molecular flexibility index (Phi) is 6.04. The summed E-state index contributed by atoms with van der Waals surface area (Å²) in [4.78, 5) is 2.71. The van der Waals surface area contributed by atoms with Crippen molar-refractivity contribution in [2.45, 2.75) is 57.0 Å². The van der Waals surface area contributed by atoms with E-state index in [9.17, 15) is 0 Å². The summed E-state index contributed by atoms with van der Waals surface area (Å²) in [6.45, 7) is 0. The van der Waals surface area contributed by atoms with Gasteiger partial charge in [-0.05, 0) is 78.2 Å². The molecule has 158 valence electrons. The second-order valence-corrected chi connectivity index (χ2v) is 9.26. The SMILES string of the molecule is CN1C(CCc2cccc3ccccc23)CCCC1CCc1cccc2ccccc12. The minimum atomic E-state index is 0.699. The number of hydrogen-bond acceptors (Lipinski definition) is 1. The fourth-order valence-electron chi connectivity index (χ4n) is 5.66. The van der Waals surface area contributed by atoms with Crippen molar-refractivity contribution in [2.24, 2.45) is 0 Å². The van der Waals surface area contributed by atoms with E-state index in [0.29, 0.717) is 12.1 Å². The van der Waals surface area contributed by atoms with Gasteiger partial charge in [-0.2, -0.15) is 0 Å². The molecule has 2 unspecified atom stereocenters. The first-order valence-corrected chi connectivity index (χ1v) is 11.9. The van der Waals surface area contributed by atoms with Crippen molar-refractivity contribution in [1.29, 1.82) is 0 Å². The highest BCUT2D eigenvalue weighted by atomic mass is 15.2. The molecule has 0 amide bonds.